The van der Waals surface area contributed by atoms with Crippen molar-refractivity contribution in [1.29, 1.82) is 0 Å². The van der Waals surface area contributed by atoms with Gasteiger partial charge in [-0.15, -0.1) is 0 Å². The summed E-state index contributed by atoms with van der Waals surface area (Å²) in [6.07, 6.45) is 0.610. The molecule has 0 spiro atoms. The number of aliphatic hydroxyl groups excluding tert-OH is 1. The van der Waals surface area contributed by atoms with E-state index in [0.29, 0.717) is 13.0 Å². The zero-order valence-corrected chi connectivity index (χ0v) is 12.9. The van der Waals surface area contributed by atoms with Crippen molar-refractivity contribution < 1.29 is 9.90 Å². The van der Waals surface area contributed by atoms with Crippen LogP contribution >= 0.6 is 0 Å². The second-order valence-electron chi connectivity index (χ2n) is 5.23. The Balaban J connectivity index is 2.93. The molecule has 4 heteroatoms. The Morgan fingerprint density at radius 2 is 2.10 bits per heavy atom. The van der Waals surface area contributed by atoms with E-state index in [2.05, 4.69) is 5.32 Å². The average Bonchev–Trinajstić information content (AvgIpc) is 2.39. The molecule has 1 rings (SSSR count). The minimum atomic E-state index is 0.0361. The molecular formula is C16H26N2O2. The second-order valence-corrected chi connectivity index (χ2v) is 5.23. The van der Waals surface area contributed by atoms with Gasteiger partial charge in [0.2, 0.25) is 0 Å². The molecule has 20 heavy (non-hydrogen) atoms. The smallest absolute Gasteiger partial charge is 0.254 e. The summed E-state index contributed by atoms with van der Waals surface area (Å²) in [5.41, 5.74) is 2.74. The van der Waals surface area contributed by atoms with Crippen LogP contribution in [0.1, 0.15) is 43.1 Å². The minimum Gasteiger partial charge on any atom is -0.396 e. The quantitative estimate of drug-likeness (QED) is 0.806. The fraction of sp³-hybridized carbons (Fsp3) is 0.562. The van der Waals surface area contributed by atoms with Crippen LogP contribution in [-0.4, -0.2) is 41.7 Å². The third-order valence-electron chi connectivity index (χ3n) is 3.28. The number of benzene rings is 1. The van der Waals surface area contributed by atoms with Crippen LogP contribution in [0.2, 0.25) is 0 Å². The third kappa shape index (κ3) is 4.23. The summed E-state index contributed by atoms with van der Waals surface area (Å²) in [5.74, 6) is 0.0361. The van der Waals surface area contributed by atoms with Gasteiger partial charge in [-0.1, -0.05) is 0 Å². The summed E-state index contributed by atoms with van der Waals surface area (Å²) >= 11 is 0. The number of nitrogens with one attached hydrogen (secondary N) is 1. The average molecular weight is 278 g/mol. The Morgan fingerprint density at radius 1 is 1.40 bits per heavy atom. The van der Waals surface area contributed by atoms with Gasteiger partial charge in [-0.2, -0.15) is 0 Å². The first-order valence-corrected chi connectivity index (χ1v) is 7.27. The van der Waals surface area contributed by atoms with Crippen LogP contribution < -0.4 is 5.32 Å². The number of rotatable bonds is 7. The van der Waals surface area contributed by atoms with E-state index in [1.54, 1.807) is 0 Å². The van der Waals surface area contributed by atoms with Gasteiger partial charge in [0.15, 0.2) is 0 Å². The first-order valence-electron chi connectivity index (χ1n) is 7.27. The highest BCUT2D eigenvalue weighted by molar-refractivity contribution is 5.96. The Bertz CT molecular complexity index is 444. The maximum absolute atomic E-state index is 12.6. The molecule has 0 bridgehead atoms. The molecule has 1 amide bonds. The third-order valence-corrected chi connectivity index (χ3v) is 3.28. The second kappa shape index (κ2) is 7.90. The number of amides is 1. The molecular weight excluding hydrogens is 252 g/mol. The molecule has 0 unspecified atom stereocenters. The van der Waals surface area contributed by atoms with Crippen LogP contribution in [0.25, 0.3) is 0 Å². The number of anilines is 1. The Morgan fingerprint density at radius 3 is 2.60 bits per heavy atom. The molecule has 112 valence electrons. The SMILES string of the molecule is CCNc1ccc(C(=O)N(CCCO)C(C)C)c(C)c1. The van der Waals surface area contributed by atoms with Gasteiger partial charge >= 0.3 is 0 Å². The van der Waals surface area contributed by atoms with Gasteiger partial charge in [-0.25, -0.2) is 0 Å². The molecule has 1 aromatic carbocycles. The van der Waals surface area contributed by atoms with E-state index in [0.717, 1.165) is 23.4 Å². The molecule has 4 nitrogen and oxygen atoms in total. The van der Waals surface area contributed by atoms with E-state index in [1.165, 1.54) is 0 Å². The van der Waals surface area contributed by atoms with E-state index >= 15 is 0 Å². The number of nitrogens with zero attached hydrogens (tertiary/aromatic N) is 1. The highest BCUT2D eigenvalue weighted by atomic mass is 16.3. The molecule has 0 atom stereocenters. The minimum absolute atomic E-state index is 0.0361. The van der Waals surface area contributed by atoms with E-state index < -0.39 is 0 Å². The lowest BCUT2D eigenvalue weighted by molar-refractivity contribution is 0.0692. The van der Waals surface area contributed by atoms with Crippen molar-refractivity contribution in [2.24, 2.45) is 0 Å². The molecule has 0 aliphatic heterocycles. The summed E-state index contributed by atoms with van der Waals surface area (Å²) in [4.78, 5) is 14.4. The number of hydrogen-bond donors (Lipinski definition) is 2. The number of aryl methyl sites for hydroxylation is 1. The topological polar surface area (TPSA) is 52.6 Å². The Kier molecular flexibility index (Phi) is 6.52. The van der Waals surface area contributed by atoms with Gasteiger partial charge < -0.3 is 15.3 Å². The molecule has 0 aliphatic carbocycles. The van der Waals surface area contributed by atoms with Gasteiger partial charge in [0.1, 0.15) is 0 Å². The van der Waals surface area contributed by atoms with Gasteiger partial charge in [0.05, 0.1) is 0 Å². The van der Waals surface area contributed by atoms with Gasteiger partial charge in [0.25, 0.3) is 5.91 Å². The molecule has 1 aromatic rings. The van der Waals surface area contributed by atoms with Crippen LogP contribution in [0, 0.1) is 6.92 Å². The van der Waals surface area contributed by atoms with Gasteiger partial charge in [-0.3, -0.25) is 4.79 Å². The van der Waals surface area contributed by atoms with Crippen LogP contribution in [0.5, 0.6) is 0 Å². The summed E-state index contributed by atoms with van der Waals surface area (Å²) < 4.78 is 0. The molecule has 0 saturated heterocycles. The molecule has 0 saturated carbocycles. The predicted molar refractivity (Wildman–Crippen MR) is 83.2 cm³/mol. The first kappa shape index (κ1) is 16.5. The first-order chi connectivity index (χ1) is 9.51. The standard InChI is InChI=1S/C16H26N2O2/c1-5-17-14-7-8-15(13(4)11-14)16(20)18(12(2)3)9-6-10-19/h7-8,11-12,17,19H,5-6,9-10H2,1-4H3. The molecule has 0 radical (unpaired) electrons. The summed E-state index contributed by atoms with van der Waals surface area (Å²) in [6.45, 7) is 9.55. The summed E-state index contributed by atoms with van der Waals surface area (Å²) in [7, 11) is 0. The van der Waals surface area contributed by atoms with Crippen molar-refractivity contribution in [2.75, 3.05) is 25.0 Å². The lowest BCUT2D eigenvalue weighted by atomic mass is 10.1. The number of carbonyl (C=O) groups excluding carboxylic acids is 1. The van der Waals surface area contributed by atoms with E-state index in [-0.39, 0.29) is 18.6 Å². The lowest BCUT2D eigenvalue weighted by Gasteiger charge is -2.27. The zero-order chi connectivity index (χ0) is 15.1. The van der Waals surface area contributed by atoms with Crippen molar-refractivity contribution in [3.8, 4) is 0 Å². The highest BCUT2D eigenvalue weighted by Crippen LogP contribution is 2.18. The molecule has 0 heterocycles. The van der Waals surface area contributed by atoms with Crippen molar-refractivity contribution in [3.05, 3.63) is 29.3 Å². The molecule has 2 N–H and O–H groups in total. The molecule has 0 fully saturated rings. The lowest BCUT2D eigenvalue weighted by Crippen LogP contribution is -2.38. The summed E-state index contributed by atoms with van der Waals surface area (Å²) in [5, 5.41) is 12.2. The fourth-order valence-corrected chi connectivity index (χ4v) is 2.21. The number of hydrogen-bond acceptors (Lipinski definition) is 3. The Hall–Kier alpha value is -1.55. The maximum Gasteiger partial charge on any atom is 0.254 e. The number of aliphatic hydroxyl groups is 1. The van der Waals surface area contributed by atoms with Crippen LogP contribution in [0.4, 0.5) is 5.69 Å². The van der Waals surface area contributed by atoms with E-state index in [9.17, 15) is 4.79 Å². The van der Waals surface area contributed by atoms with Crippen molar-refractivity contribution in [3.63, 3.8) is 0 Å². The van der Waals surface area contributed by atoms with E-state index in [1.807, 2.05) is 50.8 Å². The molecule has 0 aliphatic rings. The predicted octanol–water partition coefficient (Wildman–Crippen LogP) is 2.66. The van der Waals surface area contributed by atoms with Crippen molar-refractivity contribution in [2.45, 2.75) is 40.2 Å². The normalized spacial score (nSPS) is 10.7. The fourth-order valence-electron chi connectivity index (χ4n) is 2.21. The monoisotopic (exact) mass is 278 g/mol. The maximum atomic E-state index is 12.6. The highest BCUT2D eigenvalue weighted by Gasteiger charge is 2.19. The van der Waals surface area contributed by atoms with Gasteiger partial charge in [0, 0.05) is 37.0 Å². The van der Waals surface area contributed by atoms with Crippen molar-refractivity contribution in [1.82, 2.24) is 4.90 Å². The molecule has 0 aromatic heterocycles. The van der Waals surface area contributed by atoms with Crippen molar-refractivity contribution >= 4 is 11.6 Å². The Labute approximate surface area is 121 Å². The van der Waals surface area contributed by atoms with Crippen LogP contribution in [-0.2, 0) is 0 Å². The largest absolute Gasteiger partial charge is 0.396 e. The van der Waals surface area contributed by atoms with Crippen LogP contribution in [0.3, 0.4) is 0 Å². The summed E-state index contributed by atoms with van der Waals surface area (Å²) in [6, 6.07) is 5.95. The van der Waals surface area contributed by atoms with Gasteiger partial charge in [-0.05, 0) is 57.9 Å². The number of carbonyl (C=O) groups is 1. The van der Waals surface area contributed by atoms with E-state index in [4.69, 9.17) is 5.11 Å². The van der Waals surface area contributed by atoms with Crippen LogP contribution in [0.15, 0.2) is 18.2 Å². The zero-order valence-electron chi connectivity index (χ0n) is 12.9.